The Kier molecular flexibility index (Phi) is 7.43. The number of thioether (sulfide) groups is 1. The molecule has 0 saturated heterocycles. The van der Waals surface area contributed by atoms with Gasteiger partial charge in [0, 0.05) is 27.8 Å². The van der Waals surface area contributed by atoms with Gasteiger partial charge in [-0.25, -0.2) is 4.79 Å². The van der Waals surface area contributed by atoms with Crippen LogP contribution in [0.4, 0.5) is 5.69 Å². The number of hydrogen-bond donors (Lipinski definition) is 1. The van der Waals surface area contributed by atoms with E-state index in [2.05, 4.69) is 5.32 Å². The first-order valence-corrected chi connectivity index (χ1v) is 12.2. The first kappa shape index (κ1) is 24.1. The van der Waals surface area contributed by atoms with Crippen LogP contribution in [0.1, 0.15) is 43.0 Å². The highest BCUT2D eigenvalue weighted by Gasteiger charge is 2.41. The third-order valence-electron chi connectivity index (χ3n) is 5.77. The first-order valence-electron chi connectivity index (χ1n) is 11.0. The minimum absolute atomic E-state index is 0.00318. The Balaban J connectivity index is 1.58. The molecule has 1 aliphatic heterocycles. The molecule has 1 fully saturated rings. The van der Waals surface area contributed by atoms with E-state index >= 15 is 0 Å². The molecule has 8 nitrogen and oxygen atoms in total. The van der Waals surface area contributed by atoms with Crippen molar-refractivity contribution in [2.45, 2.75) is 37.9 Å². The Hall–Kier alpha value is -3.04. The molecule has 1 N–H and O–H groups in total. The molecule has 2 aromatic carbocycles. The zero-order valence-electron chi connectivity index (χ0n) is 18.4. The molecule has 2 aromatic rings. The number of ether oxygens (including phenoxy) is 2. The van der Waals surface area contributed by atoms with Crippen molar-refractivity contribution in [2.24, 2.45) is 5.92 Å². The minimum Gasteiger partial charge on any atom is -0.463 e. The van der Waals surface area contributed by atoms with E-state index in [1.54, 1.807) is 31.2 Å². The molecule has 0 bridgehead atoms. The summed E-state index contributed by atoms with van der Waals surface area (Å²) in [6.45, 7) is 1.98. The van der Waals surface area contributed by atoms with Crippen molar-refractivity contribution >= 4 is 40.9 Å². The molecular formula is C24H23ClN2O6S. The number of esters is 1. The normalized spacial score (nSPS) is 19.4. The van der Waals surface area contributed by atoms with Gasteiger partial charge in [-0.2, -0.15) is 0 Å². The monoisotopic (exact) mass is 502 g/mol. The van der Waals surface area contributed by atoms with Crippen LogP contribution in [0.3, 0.4) is 0 Å². The van der Waals surface area contributed by atoms with Crippen molar-refractivity contribution in [2.75, 3.05) is 6.61 Å². The van der Waals surface area contributed by atoms with Gasteiger partial charge >= 0.3 is 11.7 Å². The number of carbonyl (C=O) groups is 2. The average molecular weight is 503 g/mol. The zero-order valence-corrected chi connectivity index (χ0v) is 20.0. The van der Waals surface area contributed by atoms with Gasteiger partial charge < -0.3 is 14.8 Å². The summed E-state index contributed by atoms with van der Waals surface area (Å²) in [4.78, 5) is 36.7. The van der Waals surface area contributed by atoms with Crippen molar-refractivity contribution in [1.29, 1.82) is 0 Å². The van der Waals surface area contributed by atoms with Gasteiger partial charge in [0.2, 0.25) is 5.75 Å². The second kappa shape index (κ2) is 10.5. The summed E-state index contributed by atoms with van der Waals surface area (Å²) >= 11 is 7.34. The SMILES string of the molecule is CCOC(=O)C1=C(NC(=O)c2ccc(Oc3ccc(Cl)cc3)c([N+](=O)[O-])c2)S[C@@H]2CCCC[C@H]12. The van der Waals surface area contributed by atoms with Crippen LogP contribution in [0.2, 0.25) is 5.02 Å². The summed E-state index contributed by atoms with van der Waals surface area (Å²) < 4.78 is 10.9. The van der Waals surface area contributed by atoms with Gasteiger partial charge in [-0.15, -0.1) is 11.8 Å². The van der Waals surface area contributed by atoms with Crippen molar-refractivity contribution in [1.82, 2.24) is 5.32 Å². The second-order valence-corrected chi connectivity index (χ2v) is 9.65. The number of hydrogen-bond acceptors (Lipinski definition) is 7. The smallest absolute Gasteiger partial charge is 0.336 e. The number of halogens is 1. The van der Waals surface area contributed by atoms with Crippen molar-refractivity contribution in [3.8, 4) is 11.5 Å². The lowest BCUT2D eigenvalue weighted by Gasteiger charge is -2.25. The number of nitro groups is 1. The fourth-order valence-electron chi connectivity index (χ4n) is 4.19. The lowest BCUT2D eigenvalue weighted by atomic mass is 9.84. The molecular weight excluding hydrogens is 480 g/mol. The molecule has 0 radical (unpaired) electrons. The molecule has 4 rings (SSSR count). The Morgan fingerprint density at radius 2 is 1.91 bits per heavy atom. The van der Waals surface area contributed by atoms with Crippen LogP contribution in [0.15, 0.2) is 53.1 Å². The van der Waals surface area contributed by atoms with Crippen LogP contribution in [0.25, 0.3) is 0 Å². The molecule has 2 aliphatic rings. The van der Waals surface area contributed by atoms with Crippen molar-refractivity contribution in [3.05, 3.63) is 73.8 Å². The van der Waals surface area contributed by atoms with E-state index in [1.807, 2.05) is 0 Å². The number of carbonyl (C=O) groups excluding carboxylic acids is 2. The lowest BCUT2D eigenvalue weighted by Crippen LogP contribution is -2.26. The number of nitrogens with zero attached hydrogens (tertiary/aromatic N) is 1. The van der Waals surface area contributed by atoms with E-state index in [1.165, 1.54) is 23.9 Å². The predicted octanol–water partition coefficient (Wildman–Crippen LogP) is 5.85. The molecule has 34 heavy (non-hydrogen) atoms. The number of nitrogens with one attached hydrogen (secondary N) is 1. The maximum atomic E-state index is 13.0. The minimum atomic E-state index is -0.607. The van der Waals surface area contributed by atoms with E-state index in [-0.39, 0.29) is 34.8 Å². The zero-order chi connectivity index (χ0) is 24.2. The summed E-state index contributed by atoms with van der Waals surface area (Å²) in [5.41, 5.74) is 0.235. The van der Waals surface area contributed by atoms with Crippen LogP contribution >= 0.6 is 23.4 Å². The maximum Gasteiger partial charge on any atom is 0.336 e. The van der Waals surface area contributed by atoms with E-state index in [4.69, 9.17) is 21.1 Å². The van der Waals surface area contributed by atoms with E-state index in [0.717, 1.165) is 31.7 Å². The predicted molar refractivity (Wildman–Crippen MR) is 129 cm³/mol. The molecule has 2 atom stereocenters. The fraction of sp³-hybridized carbons (Fsp3) is 0.333. The van der Waals surface area contributed by atoms with Crippen molar-refractivity contribution in [3.63, 3.8) is 0 Å². The molecule has 0 unspecified atom stereocenters. The molecule has 1 saturated carbocycles. The highest BCUT2D eigenvalue weighted by Crippen LogP contribution is 2.48. The first-order chi connectivity index (χ1) is 16.4. The second-order valence-electron chi connectivity index (χ2n) is 7.96. The number of benzene rings is 2. The van der Waals surface area contributed by atoms with Crippen molar-refractivity contribution < 1.29 is 24.0 Å². The lowest BCUT2D eigenvalue weighted by molar-refractivity contribution is -0.385. The third-order valence-corrected chi connectivity index (χ3v) is 7.45. The number of amides is 1. The highest BCUT2D eigenvalue weighted by molar-refractivity contribution is 8.04. The van der Waals surface area contributed by atoms with Gasteiger partial charge in [0.15, 0.2) is 0 Å². The van der Waals surface area contributed by atoms with Crippen LogP contribution in [-0.4, -0.2) is 28.7 Å². The molecule has 0 spiro atoms. The van der Waals surface area contributed by atoms with E-state index < -0.39 is 16.8 Å². The van der Waals surface area contributed by atoms with Crippen LogP contribution < -0.4 is 10.1 Å². The van der Waals surface area contributed by atoms with Gasteiger partial charge in [-0.3, -0.25) is 14.9 Å². The standard InChI is InChI=1S/C24H23ClN2O6S/c1-2-32-24(29)21-17-5-3-4-6-20(17)34-23(21)26-22(28)14-7-12-19(18(13-14)27(30)31)33-16-10-8-15(25)9-11-16/h7-13,17,20H,2-6H2,1H3,(H,26,28)/t17-,20+/m0/s1. The average Bonchev–Trinajstić information content (AvgIpc) is 3.18. The topological polar surface area (TPSA) is 108 Å². The maximum absolute atomic E-state index is 13.0. The summed E-state index contributed by atoms with van der Waals surface area (Å²) in [5.74, 6) is -0.547. The van der Waals surface area contributed by atoms with Gasteiger partial charge in [-0.1, -0.05) is 24.4 Å². The quantitative estimate of drug-likeness (QED) is 0.287. The number of nitro benzene ring substituents is 1. The Morgan fingerprint density at radius 3 is 2.62 bits per heavy atom. The number of rotatable bonds is 7. The third kappa shape index (κ3) is 5.20. The van der Waals surface area contributed by atoms with Gasteiger partial charge in [0.05, 0.1) is 22.1 Å². The molecule has 10 heteroatoms. The van der Waals surface area contributed by atoms with E-state index in [0.29, 0.717) is 21.4 Å². The summed E-state index contributed by atoms with van der Waals surface area (Å²) in [6, 6.07) is 10.4. The Labute approximate surface area is 205 Å². The summed E-state index contributed by atoms with van der Waals surface area (Å²) in [7, 11) is 0. The Morgan fingerprint density at radius 1 is 1.18 bits per heavy atom. The van der Waals surface area contributed by atoms with Gasteiger partial charge in [-0.05, 0) is 56.2 Å². The van der Waals surface area contributed by atoms with Crippen LogP contribution in [0.5, 0.6) is 11.5 Å². The Bertz CT molecular complexity index is 1150. The molecule has 1 heterocycles. The van der Waals surface area contributed by atoms with Gasteiger partial charge in [0.25, 0.3) is 5.91 Å². The molecule has 178 valence electrons. The summed E-state index contributed by atoms with van der Waals surface area (Å²) in [5, 5.41) is 15.7. The molecule has 1 aliphatic carbocycles. The molecule has 0 aromatic heterocycles. The van der Waals surface area contributed by atoms with Crippen LogP contribution in [0, 0.1) is 16.0 Å². The highest BCUT2D eigenvalue weighted by atomic mass is 35.5. The van der Waals surface area contributed by atoms with Crippen LogP contribution in [-0.2, 0) is 9.53 Å². The fourth-order valence-corrected chi connectivity index (χ4v) is 5.86. The molecule has 1 amide bonds. The largest absolute Gasteiger partial charge is 0.463 e. The van der Waals surface area contributed by atoms with E-state index in [9.17, 15) is 19.7 Å². The summed E-state index contributed by atoms with van der Waals surface area (Å²) in [6.07, 6.45) is 3.92. The number of fused-ring (bicyclic) bond motifs is 1. The van der Waals surface area contributed by atoms with Gasteiger partial charge in [0.1, 0.15) is 5.75 Å².